The lowest BCUT2D eigenvalue weighted by Crippen LogP contribution is -3.11. The van der Waals surface area contributed by atoms with E-state index in [9.17, 15) is 14.4 Å². The minimum Gasteiger partial charge on any atom is -0.462 e. The summed E-state index contributed by atoms with van der Waals surface area (Å²) in [5.74, 6) is -1.46. The van der Waals surface area contributed by atoms with Crippen molar-refractivity contribution in [1.29, 1.82) is 0 Å². The summed E-state index contributed by atoms with van der Waals surface area (Å²) in [5.41, 5.74) is 7.15. The molecule has 0 bridgehead atoms. The third-order valence-corrected chi connectivity index (χ3v) is 5.53. The van der Waals surface area contributed by atoms with Gasteiger partial charge in [-0.15, -0.1) is 11.3 Å². The predicted octanol–water partition coefficient (Wildman–Crippen LogP) is 1.38. The number of amides is 2. The van der Waals surface area contributed by atoms with Crippen molar-refractivity contribution >= 4 is 34.1 Å². The summed E-state index contributed by atoms with van der Waals surface area (Å²) in [6.07, 6.45) is 0. The van der Waals surface area contributed by atoms with Crippen LogP contribution in [0.3, 0.4) is 0 Å². The van der Waals surface area contributed by atoms with E-state index in [0.29, 0.717) is 17.1 Å². The fourth-order valence-electron chi connectivity index (χ4n) is 2.88. The molecule has 0 saturated carbocycles. The first-order valence-electron chi connectivity index (χ1n) is 9.14. The lowest BCUT2D eigenvalue weighted by atomic mass is 10.1. The van der Waals surface area contributed by atoms with Crippen LogP contribution in [0.1, 0.15) is 45.0 Å². The van der Waals surface area contributed by atoms with Gasteiger partial charge in [0.05, 0.1) is 23.6 Å². The number of primary amides is 1. The van der Waals surface area contributed by atoms with Crippen LogP contribution in [0.4, 0.5) is 5.00 Å². The first-order valence-corrected chi connectivity index (χ1v) is 9.96. The number of thiophene rings is 1. The fourth-order valence-corrected chi connectivity index (χ4v) is 3.94. The molecular formula is C20H26N3O4S+. The Kier molecular flexibility index (Phi) is 7.71. The van der Waals surface area contributed by atoms with Crippen molar-refractivity contribution in [3.63, 3.8) is 0 Å². The number of carbonyl (C=O) groups excluding carboxylic acids is 3. The number of nitrogens with one attached hydrogen (secondary N) is 2. The van der Waals surface area contributed by atoms with Crippen molar-refractivity contribution in [3.05, 3.63) is 51.9 Å². The van der Waals surface area contributed by atoms with Crippen molar-refractivity contribution in [2.24, 2.45) is 5.73 Å². The molecule has 2 aromatic rings. The maximum absolute atomic E-state index is 12.6. The first kappa shape index (κ1) is 21.6. The number of ether oxygens (including phenoxy) is 1. The summed E-state index contributed by atoms with van der Waals surface area (Å²) in [6, 6.07) is 9.93. The Balaban J connectivity index is 2.16. The van der Waals surface area contributed by atoms with Crippen LogP contribution in [0.15, 0.2) is 30.3 Å². The standard InChI is InChI=1S/C20H25N3O4S/c1-4-23(11-14-9-7-6-8-10-14)12-15(24)22-19-16(20(26)27-5-2)13(3)17(28-19)18(21)25/h6-10H,4-5,11-12H2,1-3H3,(H2,21,25)(H,22,24)/p+1. The molecule has 0 radical (unpaired) electrons. The zero-order valence-electron chi connectivity index (χ0n) is 16.3. The van der Waals surface area contributed by atoms with Crippen molar-refractivity contribution in [3.8, 4) is 0 Å². The van der Waals surface area contributed by atoms with Crippen LogP contribution in [0.25, 0.3) is 0 Å². The Morgan fingerprint density at radius 3 is 2.43 bits per heavy atom. The van der Waals surface area contributed by atoms with Crippen molar-refractivity contribution < 1.29 is 24.0 Å². The quantitative estimate of drug-likeness (QED) is 0.549. The molecule has 1 heterocycles. The van der Waals surface area contributed by atoms with Crippen LogP contribution in [0, 0.1) is 6.92 Å². The number of anilines is 1. The van der Waals surface area contributed by atoms with Crippen molar-refractivity contribution in [2.75, 3.05) is 25.0 Å². The molecule has 2 amide bonds. The number of esters is 1. The monoisotopic (exact) mass is 404 g/mol. The van der Waals surface area contributed by atoms with Crippen LogP contribution in [-0.4, -0.2) is 37.5 Å². The molecular weight excluding hydrogens is 378 g/mol. The zero-order valence-corrected chi connectivity index (χ0v) is 17.2. The second kappa shape index (κ2) is 10.0. The SMILES string of the molecule is CCOC(=O)c1c(NC(=O)C[NH+](CC)Cc2ccccc2)sc(C(N)=O)c1C. The van der Waals surface area contributed by atoms with Crippen LogP contribution in [0.5, 0.6) is 0 Å². The van der Waals surface area contributed by atoms with Gasteiger partial charge in [0.25, 0.3) is 11.8 Å². The number of nitrogens with two attached hydrogens (primary N) is 1. The van der Waals surface area contributed by atoms with Gasteiger partial charge in [0.1, 0.15) is 11.5 Å². The molecule has 2 rings (SSSR count). The summed E-state index contributed by atoms with van der Waals surface area (Å²) in [7, 11) is 0. The number of quaternary nitrogens is 1. The second-order valence-electron chi connectivity index (χ2n) is 6.34. The highest BCUT2D eigenvalue weighted by Gasteiger charge is 2.26. The minimum absolute atomic E-state index is 0.190. The highest BCUT2D eigenvalue weighted by atomic mass is 32.1. The van der Waals surface area contributed by atoms with Gasteiger partial charge in [-0.2, -0.15) is 0 Å². The topological polar surface area (TPSA) is 103 Å². The van der Waals surface area contributed by atoms with Crippen molar-refractivity contribution in [1.82, 2.24) is 0 Å². The Morgan fingerprint density at radius 2 is 1.86 bits per heavy atom. The summed E-state index contributed by atoms with van der Waals surface area (Å²) in [6.45, 7) is 7.23. The summed E-state index contributed by atoms with van der Waals surface area (Å²) in [4.78, 5) is 37.9. The Bertz CT molecular complexity index is 849. The van der Waals surface area contributed by atoms with Gasteiger partial charge in [0, 0.05) is 5.56 Å². The molecule has 0 spiro atoms. The van der Waals surface area contributed by atoms with E-state index in [0.717, 1.165) is 28.3 Å². The average molecular weight is 405 g/mol. The van der Waals surface area contributed by atoms with E-state index in [1.54, 1.807) is 13.8 Å². The molecule has 7 nitrogen and oxygen atoms in total. The highest BCUT2D eigenvalue weighted by Crippen LogP contribution is 2.33. The highest BCUT2D eigenvalue weighted by molar-refractivity contribution is 7.18. The molecule has 4 N–H and O–H groups in total. The molecule has 0 saturated heterocycles. The molecule has 0 aliphatic rings. The molecule has 1 unspecified atom stereocenters. The van der Waals surface area contributed by atoms with E-state index >= 15 is 0 Å². The van der Waals surface area contributed by atoms with Gasteiger partial charge < -0.3 is 20.7 Å². The number of carbonyl (C=O) groups is 3. The summed E-state index contributed by atoms with van der Waals surface area (Å²) < 4.78 is 5.06. The zero-order chi connectivity index (χ0) is 20.7. The van der Waals surface area contributed by atoms with E-state index in [1.165, 1.54) is 0 Å². The molecule has 150 valence electrons. The number of rotatable bonds is 9. The third-order valence-electron chi connectivity index (χ3n) is 4.31. The van der Waals surface area contributed by atoms with Gasteiger partial charge in [0.2, 0.25) is 0 Å². The van der Waals surface area contributed by atoms with Gasteiger partial charge in [-0.05, 0) is 26.3 Å². The first-order chi connectivity index (χ1) is 13.4. The molecule has 0 aliphatic carbocycles. The van der Waals surface area contributed by atoms with Crippen molar-refractivity contribution in [2.45, 2.75) is 27.3 Å². The second-order valence-corrected chi connectivity index (χ2v) is 7.36. The van der Waals surface area contributed by atoms with Crippen LogP contribution >= 0.6 is 11.3 Å². The van der Waals surface area contributed by atoms with E-state index in [1.807, 2.05) is 37.3 Å². The van der Waals surface area contributed by atoms with E-state index < -0.39 is 11.9 Å². The number of hydrogen-bond donors (Lipinski definition) is 3. The Hall–Kier alpha value is -2.71. The summed E-state index contributed by atoms with van der Waals surface area (Å²) in [5, 5.41) is 3.06. The van der Waals surface area contributed by atoms with Crippen LogP contribution < -0.4 is 16.0 Å². The maximum atomic E-state index is 12.6. The normalized spacial score (nSPS) is 11.7. The molecule has 1 aromatic heterocycles. The number of hydrogen-bond acceptors (Lipinski definition) is 5. The minimum atomic E-state index is -0.640. The van der Waals surface area contributed by atoms with Gasteiger partial charge >= 0.3 is 5.97 Å². The molecule has 1 aromatic carbocycles. The van der Waals surface area contributed by atoms with E-state index in [4.69, 9.17) is 10.5 Å². The molecule has 8 heteroatoms. The van der Waals surface area contributed by atoms with Crippen LogP contribution in [0.2, 0.25) is 0 Å². The van der Waals surface area contributed by atoms with Gasteiger partial charge in [0.15, 0.2) is 6.54 Å². The molecule has 1 atom stereocenters. The number of likely N-dealkylation sites (N-methyl/N-ethyl adjacent to an activating group) is 1. The fraction of sp³-hybridized carbons (Fsp3) is 0.350. The summed E-state index contributed by atoms with van der Waals surface area (Å²) >= 11 is 0.999. The molecule has 28 heavy (non-hydrogen) atoms. The Morgan fingerprint density at radius 1 is 1.18 bits per heavy atom. The lowest BCUT2D eigenvalue weighted by Gasteiger charge is -2.17. The largest absolute Gasteiger partial charge is 0.462 e. The van der Waals surface area contributed by atoms with E-state index in [-0.39, 0.29) is 29.5 Å². The van der Waals surface area contributed by atoms with E-state index in [2.05, 4.69) is 5.32 Å². The Labute approximate surface area is 168 Å². The lowest BCUT2D eigenvalue weighted by molar-refractivity contribution is -0.903. The third kappa shape index (κ3) is 5.40. The molecule has 0 aliphatic heterocycles. The number of benzene rings is 1. The van der Waals surface area contributed by atoms with Gasteiger partial charge in [-0.1, -0.05) is 30.3 Å². The van der Waals surface area contributed by atoms with Gasteiger partial charge in [-0.3, -0.25) is 9.59 Å². The smallest absolute Gasteiger partial charge is 0.341 e. The predicted molar refractivity (Wildman–Crippen MR) is 109 cm³/mol. The van der Waals surface area contributed by atoms with Gasteiger partial charge in [-0.25, -0.2) is 4.79 Å². The average Bonchev–Trinajstić information content (AvgIpc) is 2.98. The van der Waals surface area contributed by atoms with Crippen LogP contribution in [-0.2, 0) is 16.1 Å². The maximum Gasteiger partial charge on any atom is 0.341 e. The molecule has 0 fully saturated rings.